The molecule has 3 N–H and O–H groups in total. The first kappa shape index (κ1) is 12.3. The van der Waals surface area contributed by atoms with Crippen molar-refractivity contribution in [2.24, 2.45) is 11.7 Å². The Morgan fingerprint density at radius 3 is 2.88 bits per heavy atom. The summed E-state index contributed by atoms with van der Waals surface area (Å²) in [6.45, 7) is 3.70. The van der Waals surface area contributed by atoms with E-state index >= 15 is 0 Å². The Kier molecular flexibility index (Phi) is 3.64. The van der Waals surface area contributed by atoms with Crippen LogP contribution in [0, 0.1) is 11.7 Å². The lowest BCUT2D eigenvalue weighted by atomic mass is 10.0. The van der Waals surface area contributed by atoms with Gasteiger partial charge in [0.15, 0.2) is 0 Å². The van der Waals surface area contributed by atoms with Crippen LogP contribution < -0.4 is 10.6 Å². The smallest absolute Gasteiger partial charge is 0.129 e. The highest BCUT2D eigenvalue weighted by atomic mass is 19.1. The largest absolute Gasteiger partial charge is 0.393 e. The Hall–Kier alpha value is -1.13. The van der Waals surface area contributed by atoms with E-state index in [-0.39, 0.29) is 24.4 Å². The summed E-state index contributed by atoms with van der Waals surface area (Å²) in [5.74, 6) is 0.0396. The van der Waals surface area contributed by atoms with E-state index in [1.54, 1.807) is 6.07 Å². The van der Waals surface area contributed by atoms with Gasteiger partial charge in [0.25, 0.3) is 0 Å². The monoisotopic (exact) mass is 238 g/mol. The van der Waals surface area contributed by atoms with Crippen molar-refractivity contribution in [1.29, 1.82) is 0 Å². The van der Waals surface area contributed by atoms with Gasteiger partial charge in [0, 0.05) is 36.8 Å². The number of nitrogens with zero attached hydrogens (tertiary/aromatic N) is 1. The van der Waals surface area contributed by atoms with Crippen LogP contribution in [0.25, 0.3) is 0 Å². The number of aliphatic hydroxyl groups is 1. The second-order valence-electron chi connectivity index (χ2n) is 4.72. The first-order valence-electron chi connectivity index (χ1n) is 6.03. The summed E-state index contributed by atoms with van der Waals surface area (Å²) in [6, 6.07) is 5.17. The van der Waals surface area contributed by atoms with E-state index in [0.717, 1.165) is 25.2 Å². The molecule has 3 nitrogen and oxygen atoms in total. The molecule has 0 saturated carbocycles. The maximum Gasteiger partial charge on any atom is 0.129 e. The van der Waals surface area contributed by atoms with Gasteiger partial charge in [-0.3, -0.25) is 0 Å². The van der Waals surface area contributed by atoms with Gasteiger partial charge in [0.2, 0.25) is 0 Å². The molecule has 1 aliphatic rings. The average Bonchev–Trinajstić information content (AvgIpc) is 2.78. The fourth-order valence-corrected chi connectivity index (χ4v) is 2.31. The molecule has 1 aromatic rings. The van der Waals surface area contributed by atoms with Crippen LogP contribution in [0.5, 0.6) is 0 Å². The highest BCUT2D eigenvalue weighted by Gasteiger charge is 2.26. The third kappa shape index (κ3) is 2.58. The molecule has 2 rings (SSSR count). The predicted octanol–water partition coefficient (Wildman–Crippen LogP) is 1.49. The van der Waals surface area contributed by atoms with E-state index in [1.165, 1.54) is 6.07 Å². The molecule has 4 heteroatoms. The zero-order chi connectivity index (χ0) is 12.4. The van der Waals surface area contributed by atoms with E-state index in [0.29, 0.717) is 5.56 Å². The third-order valence-corrected chi connectivity index (χ3v) is 3.53. The first-order valence-corrected chi connectivity index (χ1v) is 6.03. The van der Waals surface area contributed by atoms with Gasteiger partial charge in [-0.25, -0.2) is 4.39 Å². The molecule has 17 heavy (non-hydrogen) atoms. The summed E-state index contributed by atoms with van der Waals surface area (Å²) >= 11 is 0. The number of benzene rings is 1. The molecule has 1 aliphatic heterocycles. The van der Waals surface area contributed by atoms with Gasteiger partial charge < -0.3 is 15.7 Å². The molecule has 2 unspecified atom stereocenters. The molecule has 1 saturated heterocycles. The van der Waals surface area contributed by atoms with Crippen molar-refractivity contribution in [2.45, 2.75) is 26.0 Å². The zero-order valence-corrected chi connectivity index (χ0v) is 10.1. The molecule has 0 aliphatic carbocycles. The normalized spacial score (nSPS) is 21.9. The van der Waals surface area contributed by atoms with Crippen LogP contribution in [0.1, 0.15) is 18.9 Å². The standard InChI is InChI=1S/C13H19FN2O/c1-9(17)11-4-5-16(8-11)12-3-2-10(7-15)13(14)6-12/h2-3,6,9,11,17H,4-5,7-8,15H2,1H3. The van der Waals surface area contributed by atoms with Crippen molar-refractivity contribution in [3.8, 4) is 0 Å². The molecule has 0 amide bonds. The fourth-order valence-electron chi connectivity index (χ4n) is 2.31. The second kappa shape index (κ2) is 5.02. The first-order chi connectivity index (χ1) is 8.11. The Bertz CT molecular complexity index is 395. The molecular weight excluding hydrogens is 219 g/mol. The minimum absolute atomic E-state index is 0.225. The van der Waals surface area contributed by atoms with E-state index in [2.05, 4.69) is 4.90 Å². The van der Waals surface area contributed by atoms with Gasteiger partial charge in [0.1, 0.15) is 5.82 Å². The van der Waals surface area contributed by atoms with Crippen molar-refractivity contribution in [2.75, 3.05) is 18.0 Å². The molecule has 0 spiro atoms. The van der Waals surface area contributed by atoms with Crippen LogP contribution in [-0.2, 0) is 6.54 Å². The van der Waals surface area contributed by atoms with Crippen LogP contribution in [0.3, 0.4) is 0 Å². The highest BCUT2D eigenvalue weighted by molar-refractivity contribution is 5.49. The number of rotatable bonds is 3. The number of halogens is 1. The SMILES string of the molecule is CC(O)C1CCN(c2ccc(CN)c(F)c2)C1. The van der Waals surface area contributed by atoms with Crippen LogP contribution >= 0.6 is 0 Å². The predicted molar refractivity (Wildman–Crippen MR) is 66.3 cm³/mol. The number of hydrogen-bond donors (Lipinski definition) is 2. The minimum Gasteiger partial charge on any atom is -0.393 e. The van der Waals surface area contributed by atoms with E-state index in [4.69, 9.17) is 5.73 Å². The Morgan fingerprint density at radius 2 is 2.35 bits per heavy atom. The lowest BCUT2D eigenvalue weighted by molar-refractivity contribution is 0.136. The Morgan fingerprint density at radius 1 is 1.59 bits per heavy atom. The maximum absolute atomic E-state index is 13.6. The summed E-state index contributed by atoms with van der Waals surface area (Å²) in [6.07, 6.45) is 0.658. The van der Waals surface area contributed by atoms with Gasteiger partial charge in [-0.1, -0.05) is 6.07 Å². The molecule has 94 valence electrons. The van der Waals surface area contributed by atoms with E-state index in [1.807, 2.05) is 13.0 Å². The summed E-state index contributed by atoms with van der Waals surface area (Å²) in [5, 5.41) is 9.54. The van der Waals surface area contributed by atoms with Crippen LogP contribution in [0.4, 0.5) is 10.1 Å². The lowest BCUT2D eigenvalue weighted by Gasteiger charge is -2.20. The second-order valence-corrected chi connectivity index (χ2v) is 4.72. The van der Waals surface area contributed by atoms with Gasteiger partial charge in [-0.05, 0) is 25.5 Å². The quantitative estimate of drug-likeness (QED) is 0.839. The topological polar surface area (TPSA) is 49.5 Å². The number of anilines is 1. The third-order valence-electron chi connectivity index (χ3n) is 3.53. The number of hydrogen-bond acceptors (Lipinski definition) is 3. The molecule has 0 aromatic heterocycles. The molecule has 2 atom stereocenters. The molecular formula is C13H19FN2O. The van der Waals surface area contributed by atoms with E-state index in [9.17, 15) is 9.50 Å². The molecule has 0 bridgehead atoms. The summed E-state index contributed by atoms with van der Waals surface area (Å²) in [5.41, 5.74) is 6.85. The highest BCUT2D eigenvalue weighted by Crippen LogP contribution is 2.27. The van der Waals surface area contributed by atoms with Gasteiger partial charge in [0.05, 0.1) is 6.10 Å². The molecule has 1 heterocycles. The molecule has 0 radical (unpaired) electrons. The summed E-state index contributed by atoms with van der Waals surface area (Å²) in [4.78, 5) is 2.11. The number of aliphatic hydroxyl groups excluding tert-OH is 1. The van der Waals surface area contributed by atoms with Crippen molar-refractivity contribution in [1.82, 2.24) is 0 Å². The van der Waals surface area contributed by atoms with Gasteiger partial charge in [-0.2, -0.15) is 0 Å². The zero-order valence-electron chi connectivity index (χ0n) is 10.1. The summed E-state index contributed by atoms with van der Waals surface area (Å²) < 4.78 is 13.6. The Labute approximate surface area is 101 Å². The minimum atomic E-state index is -0.298. The van der Waals surface area contributed by atoms with E-state index < -0.39 is 0 Å². The van der Waals surface area contributed by atoms with Crippen molar-refractivity contribution < 1.29 is 9.50 Å². The van der Waals surface area contributed by atoms with Crippen LogP contribution in [-0.4, -0.2) is 24.3 Å². The lowest BCUT2D eigenvalue weighted by Crippen LogP contribution is -2.24. The molecule has 1 aromatic carbocycles. The van der Waals surface area contributed by atoms with Gasteiger partial charge in [-0.15, -0.1) is 0 Å². The number of nitrogens with two attached hydrogens (primary N) is 1. The molecule has 1 fully saturated rings. The van der Waals surface area contributed by atoms with Crippen molar-refractivity contribution in [3.05, 3.63) is 29.6 Å². The van der Waals surface area contributed by atoms with Crippen LogP contribution in [0.2, 0.25) is 0 Å². The maximum atomic E-state index is 13.6. The fraction of sp³-hybridized carbons (Fsp3) is 0.538. The van der Waals surface area contributed by atoms with Crippen molar-refractivity contribution >= 4 is 5.69 Å². The van der Waals surface area contributed by atoms with Gasteiger partial charge >= 0.3 is 0 Å². The van der Waals surface area contributed by atoms with Crippen molar-refractivity contribution in [3.63, 3.8) is 0 Å². The average molecular weight is 238 g/mol. The Balaban J connectivity index is 2.11. The van der Waals surface area contributed by atoms with Crippen LogP contribution in [0.15, 0.2) is 18.2 Å². The summed E-state index contributed by atoms with van der Waals surface area (Å²) in [7, 11) is 0.